The molecule has 0 aromatic heterocycles. The van der Waals surface area contributed by atoms with Crippen LogP contribution in [0.5, 0.6) is 0 Å². The summed E-state index contributed by atoms with van der Waals surface area (Å²) >= 11 is 0. The Morgan fingerprint density at radius 2 is 2.05 bits per heavy atom. The van der Waals surface area contributed by atoms with Gasteiger partial charge in [0.15, 0.2) is 9.84 Å². The molecule has 1 aliphatic carbocycles. The van der Waals surface area contributed by atoms with Crippen LogP contribution < -0.4 is 0 Å². The first-order valence-corrected chi connectivity index (χ1v) is 8.42. The fourth-order valence-electron chi connectivity index (χ4n) is 2.60. The predicted molar refractivity (Wildman–Crippen MR) is 70.9 cm³/mol. The Bertz CT molecular complexity index is 452. The van der Waals surface area contributed by atoms with Crippen molar-refractivity contribution in [2.75, 3.05) is 12.4 Å². The molecule has 6 heteroatoms. The van der Waals surface area contributed by atoms with Gasteiger partial charge in [0.05, 0.1) is 23.8 Å². The van der Waals surface area contributed by atoms with E-state index in [0.717, 1.165) is 12.8 Å². The molecule has 0 saturated heterocycles. The van der Waals surface area contributed by atoms with Gasteiger partial charge in [0.1, 0.15) is 5.75 Å². The van der Waals surface area contributed by atoms with E-state index in [-0.39, 0.29) is 6.61 Å². The molecule has 1 aliphatic rings. The van der Waals surface area contributed by atoms with Crippen LogP contribution in [-0.4, -0.2) is 32.0 Å². The van der Waals surface area contributed by atoms with E-state index in [4.69, 9.17) is 5.26 Å². The van der Waals surface area contributed by atoms with Crippen LogP contribution >= 0.6 is 0 Å². The number of nitriles is 1. The number of carbonyl (C=O) groups is 1. The zero-order valence-corrected chi connectivity index (χ0v) is 12.3. The van der Waals surface area contributed by atoms with Gasteiger partial charge >= 0.3 is 5.97 Å². The zero-order valence-electron chi connectivity index (χ0n) is 11.5. The van der Waals surface area contributed by atoms with E-state index in [1.165, 1.54) is 0 Å². The van der Waals surface area contributed by atoms with Crippen molar-refractivity contribution in [3.8, 4) is 6.07 Å². The van der Waals surface area contributed by atoms with Crippen LogP contribution in [0.2, 0.25) is 0 Å². The molecular formula is C13H21NO4S. The van der Waals surface area contributed by atoms with Crippen LogP contribution in [0.25, 0.3) is 0 Å². The summed E-state index contributed by atoms with van der Waals surface area (Å²) in [5, 5.41) is 8.37. The number of hydrogen-bond acceptors (Lipinski definition) is 5. The van der Waals surface area contributed by atoms with Gasteiger partial charge < -0.3 is 4.74 Å². The van der Waals surface area contributed by atoms with Crippen LogP contribution in [-0.2, 0) is 19.4 Å². The van der Waals surface area contributed by atoms with Crippen molar-refractivity contribution in [1.82, 2.24) is 0 Å². The molecule has 0 radical (unpaired) electrons. The maximum absolute atomic E-state index is 12.2. The molecule has 0 N–H and O–H groups in total. The van der Waals surface area contributed by atoms with E-state index in [9.17, 15) is 13.2 Å². The molecule has 0 bridgehead atoms. The smallest absolute Gasteiger partial charge is 0.321 e. The molecule has 1 rings (SSSR count). The molecule has 0 aromatic rings. The van der Waals surface area contributed by atoms with Crippen LogP contribution in [0.4, 0.5) is 0 Å². The molecule has 0 aromatic carbocycles. The Balaban J connectivity index is 2.83. The summed E-state index contributed by atoms with van der Waals surface area (Å²) in [6.07, 6.45) is 2.88. The SMILES string of the molecule is CCOC(=O)CS(=O)(=O)C1CC(CC)CCC1C#N. The summed E-state index contributed by atoms with van der Waals surface area (Å²) in [5.74, 6) is -1.51. The third kappa shape index (κ3) is 4.20. The zero-order chi connectivity index (χ0) is 14.5. The molecule has 108 valence electrons. The largest absolute Gasteiger partial charge is 0.465 e. The van der Waals surface area contributed by atoms with Gasteiger partial charge in [0, 0.05) is 0 Å². The fraction of sp³-hybridized carbons (Fsp3) is 0.846. The quantitative estimate of drug-likeness (QED) is 0.718. The number of ether oxygens (including phenoxy) is 1. The number of nitrogens with zero attached hydrogens (tertiary/aromatic N) is 1. The first kappa shape index (κ1) is 16.0. The van der Waals surface area contributed by atoms with Crippen molar-refractivity contribution < 1.29 is 17.9 Å². The number of hydrogen-bond donors (Lipinski definition) is 0. The molecular weight excluding hydrogens is 266 g/mol. The van der Waals surface area contributed by atoms with Gasteiger partial charge in [0.25, 0.3) is 0 Å². The average molecular weight is 287 g/mol. The first-order chi connectivity index (χ1) is 8.94. The van der Waals surface area contributed by atoms with E-state index in [1.807, 2.05) is 6.92 Å². The van der Waals surface area contributed by atoms with Crippen molar-refractivity contribution in [3.05, 3.63) is 0 Å². The standard InChI is InChI=1S/C13H21NO4S/c1-3-10-5-6-11(8-14)12(7-10)19(16,17)9-13(15)18-4-2/h10-12H,3-7,9H2,1-2H3. The number of esters is 1. The van der Waals surface area contributed by atoms with Gasteiger partial charge in [-0.25, -0.2) is 8.42 Å². The lowest BCUT2D eigenvalue weighted by Crippen LogP contribution is -2.38. The molecule has 3 unspecified atom stereocenters. The molecule has 0 aliphatic heterocycles. The normalized spacial score (nSPS) is 27.5. The molecule has 0 spiro atoms. The minimum atomic E-state index is -3.61. The second kappa shape index (κ2) is 6.90. The highest BCUT2D eigenvalue weighted by molar-refractivity contribution is 7.92. The molecule has 0 amide bonds. The first-order valence-electron chi connectivity index (χ1n) is 6.71. The molecule has 1 fully saturated rings. The van der Waals surface area contributed by atoms with Gasteiger partial charge in [-0.05, 0) is 32.1 Å². The van der Waals surface area contributed by atoms with Gasteiger partial charge in [0.2, 0.25) is 0 Å². The van der Waals surface area contributed by atoms with E-state index in [1.54, 1.807) is 6.92 Å². The van der Waals surface area contributed by atoms with Crippen molar-refractivity contribution >= 4 is 15.8 Å². The van der Waals surface area contributed by atoms with Crippen LogP contribution in [0.15, 0.2) is 0 Å². The Morgan fingerprint density at radius 3 is 2.58 bits per heavy atom. The van der Waals surface area contributed by atoms with Crippen molar-refractivity contribution in [1.29, 1.82) is 5.26 Å². The summed E-state index contributed by atoms with van der Waals surface area (Å²) in [6, 6.07) is 2.08. The van der Waals surface area contributed by atoms with E-state index in [0.29, 0.717) is 18.8 Å². The summed E-state index contributed by atoms with van der Waals surface area (Å²) in [6.45, 7) is 3.82. The van der Waals surface area contributed by atoms with Gasteiger partial charge in [-0.15, -0.1) is 0 Å². The topological polar surface area (TPSA) is 84.2 Å². The Hall–Kier alpha value is -1.09. The van der Waals surface area contributed by atoms with E-state index < -0.39 is 32.7 Å². The highest BCUT2D eigenvalue weighted by Gasteiger charge is 2.39. The lowest BCUT2D eigenvalue weighted by Gasteiger charge is -2.31. The fourth-order valence-corrected chi connectivity index (χ4v) is 4.49. The van der Waals surface area contributed by atoms with Gasteiger partial charge in [-0.3, -0.25) is 4.79 Å². The summed E-state index contributed by atoms with van der Waals surface area (Å²) < 4.78 is 29.2. The van der Waals surface area contributed by atoms with E-state index >= 15 is 0 Å². The molecule has 5 nitrogen and oxygen atoms in total. The third-order valence-corrected chi connectivity index (χ3v) is 5.81. The molecule has 19 heavy (non-hydrogen) atoms. The predicted octanol–water partition coefficient (Wildman–Crippen LogP) is 1.68. The van der Waals surface area contributed by atoms with E-state index in [2.05, 4.69) is 10.8 Å². The molecule has 3 atom stereocenters. The maximum atomic E-state index is 12.2. The van der Waals surface area contributed by atoms with Gasteiger partial charge in [-0.2, -0.15) is 5.26 Å². The average Bonchev–Trinajstić information content (AvgIpc) is 2.37. The van der Waals surface area contributed by atoms with Gasteiger partial charge in [-0.1, -0.05) is 13.3 Å². The van der Waals surface area contributed by atoms with Crippen LogP contribution in [0.3, 0.4) is 0 Å². The Morgan fingerprint density at radius 1 is 1.37 bits per heavy atom. The number of carbonyl (C=O) groups excluding carboxylic acids is 1. The highest BCUT2D eigenvalue weighted by Crippen LogP contribution is 2.35. The Kier molecular flexibility index (Phi) is 5.80. The number of sulfone groups is 1. The summed E-state index contributed by atoms with van der Waals surface area (Å²) in [4.78, 5) is 11.4. The van der Waals surface area contributed by atoms with Crippen LogP contribution in [0.1, 0.15) is 39.5 Å². The minimum absolute atomic E-state index is 0.165. The lowest BCUT2D eigenvalue weighted by molar-refractivity contribution is -0.139. The van der Waals surface area contributed by atoms with Crippen molar-refractivity contribution in [3.63, 3.8) is 0 Å². The second-order valence-electron chi connectivity index (χ2n) is 4.97. The monoisotopic (exact) mass is 287 g/mol. The number of rotatable bonds is 5. The summed E-state index contributed by atoms with van der Waals surface area (Å²) in [5.41, 5.74) is 0. The van der Waals surface area contributed by atoms with Crippen molar-refractivity contribution in [2.45, 2.75) is 44.8 Å². The maximum Gasteiger partial charge on any atom is 0.321 e. The molecule has 1 saturated carbocycles. The van der Waals surface area contributed by atoms with Crippen molar-refractivity contribution in [2.24, 2.45) is 11.8 Å². The van der Waals surface area contributed by atoms with Crippen LogP contribution in [0, 0.1) is 23.2 Å². The summed E-state index contributed by atoms with van der Waals surface area (Å²) in [7, 11) is -3.61. The minimum Gasteiger partial charge on any atom is -0.465 e. The second-order valence-corrected chi connectivity index (χ2v) is 7.19. The highest BCUT2D eigenvalue weighted by atomic mass is 32.2. The lowest BCUT2D eigenvalue weighted by atomic mass is 9.81. The molecule has 0 heterocycles. The third-order valence-electron chi connectivity index (χ3n) is 3.73. The Labute approximate surface area is 114 Å².